The van der Waals surface area contributed by atoms with E-state index in [0.29, 0.717) is 22.9 Å². The van der Waals surface area contributed by atoms with Crippen LogP contribution in [0.3, 0.4) is 0 Å². The third-order valence-corrected chi connectivity index (χ3v) is 8.16. The second kappa shape index (κ2) is 8.46. The number of rotatable bonds is 6. The number of hydrogen-bond donors (Lipinski definition) is 1. The van der Waals surface area contributed by atoms with E-state index in [-0.39, 0.29) is 24.4 Å². The maximum atomic E-state index is 12.7. The van der Waals surface area contributed by atoms with Crippen LogP contribution in [0.4, 0.5) is 10.5 Å². The second-order valence-electron chi connectivity index (χ2n) is 7.22. The van der Waals surface area contributed by atoms with Gasteiger partial charge in [-0.1, -0.05) is 19.3 Å². The van der Waals surface area contributed by atoms with Crippen molar-refractivity contribution >= 4 is 21.6 Å². The summed E-state index contributed by atoms with van der Waals surface area (Å²) < 4.78 is 41.3. The summed E-state index contributed by atoms with van der Waals surface area (Å²) in [6.45, 7) is 0.462. The fourth-order valence-electron chi connectivity index (χ4n) is 3.83. The lowest BCUT2D eigenvalue weighted by Gasteiger charge is -2.40. The monoisotopic (exact) mass is 412 g/mol. The van der Waals surface area contributed by atoms with E-state index in [9.17, 15) is 13.2 Å². The van der Waals surface area contributed by atoms with Crippen molar-refractivity contribution in [2.24, 2.45) is 0 Å². The number of carbonyl (C=O) groups is 1. The van der Waals surface area contributed by atoms with E-state index in [2.05, 4.69) is 5.32 Å². The number of amides is 2. The van der Waals surface area contributed by atoms with Crippen molar-refractivity contribution in [1.29, 1.82) is 0 Å². The first-order chi connectivity index (χ1) is 13.4. The number of sulfone groups is 1. The molecule has 0 unspecified atom stereocenters. The fourth-order valence-corrected chi connectivity index (χ4v) is 6.14. The topological polar surface area (TPSA) is 94.2 Å². The number of nitrogens with zero attached hydrogens (tertiary/aromatic N) is 1. The smallest absolute Gasteiger partial charge is 0.321 e. The lowest BCUT2D eigenvalue weighted by atomic mass is 10.0. The van der Waals surface area contributed by atoms with Gasteiger partial charge in [0.15, 0.2) is 21.3 Å². The molecule has 1 aliphatic carbocycles. The summed E-state index contributed by atoms with van der Waals surface area (Å²) in [5.41, 5.74) is 0.484. The summed E-state index contributed by atoms with van der Waals surface area (Å²) >= 11 is 0. The minimum atomic E-state index is -3.17. The molecule has 0 bridgehead atoms. The van der Waals surface area contributed by atoms with Gasteiger partial charge >= 0.3 is 6.03 Å². The van der Waals surface area contributed by atoms with Crippen LogP contribution in [0.25, 0.3) is 0 Å². The molecule has 1 N–H and O–H groups in total. The van der Waals surface area contributed by atoms with Gasteiger partial charge in [0.05, 0.1) is 37.5 Å². The van der Waals surface area contributed by atoms with Crippen molar-refractivity contribution in [3.8, 4) is 17.2 Å². The first-order valence-corrected chi connectivity index (χ1v) is 11.1. The lowest BCUT2D eigenvalue weighted by molar-refractivity contribution is 0.182. The normalized spacial score (nSPS) is 18.3. The minimum Gasteiger partial charge on any atom is -0.493 e. The molecule has 2 amide bonds. The van der Waals surface area contributed by atoms with Crippen LogP contribution in [0, 0.1) is 0 Å². The first-order valence-electron chi connectivity index (χ1n) is 9.49. The Morgan fingerprint density at radius 2 is 1.54 bits per heavy atom. The van der Waals surface area contributed by atoms with Gasteiger partial charge in [-0.15, -0.1) is 0 Å². The number of carbonyl (C=O) groups excluding carboxylic acids is 1. The van der Waals surface area contributed by atoms with Crippen LogP contribution >= 0.6 is 0 Å². The molecule has 0 atom stereocenters. The van der Waals surface area contributed by atoms with Gasteiger partial charge in [0, 0.05) is 25.2 Å². The minimum absolute atomic E-state index is 0.231. The molecule has 1 aromatic rings. The molecule has 8 nitrogen and oxygen atoms in total. The zero-order valence-corrected chi connectivity index (χ0v) is 17.4. The van der Waals surface area contributed by atoms with Gasteiger partial charge in [-0.3, -0.25) is 0 Å². The number of urea groups is 1. The summed E-state index contributed by atoms with van der Waals surface area (Å²) in [6, 6.07) is 2.93. The van der Waals surface area contributed by atoms with Crippen LogP contribution < -0.4 is 19.5 Å². The van der Waals surface area contributed by atoms with Crippen LogP contribution in [0.2, 0.25) is 0 Å². The van der Waals surface area contributed by atoms with Crippen molar-refractivity contribution in [2.45, 2.75) is 42.6 Å². The Kier molecular flexibility index (Phi) is 6.22. The number of benzene rings is 1. The molecule has 1 saturated carbocycles. The molecule has 1 saturated heterocycles. The van der Waals surface area contributed by atoms with E-state index >= 15 is 0 Å². The van der Waals surface area contributed by atoms with E-state index < -0.39 is 15.1 Å². The van der Waals surface area contributed by atoms with E-state index in [1.54, 1.807) is 12.1 Å². The standard InChI is InChI=1S/C19H28N2O6S/c1-25-16-9-13(10-17(26-2)18(16)27-3)20-19(22)21-11-15(12-21)28(23,24)14-7-5-4-6-8-14/h9-10,14-15H,4-8,11-12H2,1-3H3,(H,20,22). The van der Waals surface area contributed by atoms with Crippen molar-refractivity contribution in [2.75, 3.05) is 39.7 Å². The molecule has 1 aromatic carbocycles. The fraction of sp³-hybridized carbons (Fsp3) is 0.632. The number of hydrogen-bond acceptors (Lipinski definition) is 6. The summed E-state index contributed by atoms with van der Waals surface area (Å²) in [4.78, 5) is 14.0. The Labute approximate surface area is 166 Å². The Balaban J connectivity index is 1.62. The predicted molar refractivity (Wildman–Crippen MR) is 106 cm³/mol. The molecule has 0 radical (unpaired) electrons. The summed E-state index contributed by atoms with van der Waals surface area (Å²) in [5, 5.41) is 2.07. The molecular formula is C19H28N2O6S. The molecule has 0 aromatic heterocycles. The summed E-state index contributed by atoms with van der Waals surface area (Å²) in [7, 11) is 1.33. The Morgan fingerprint density at radius 3 is 2.04 bits per heavy atom. The zero-order chi connectivity index (χ0) is 20.3. The highest BCUT2D eigenvalue weighted by molar-refractivity contribution is 7.92. The van der Waals surface area contributed by atoms with Crippen molar-refractivity contribution in [3.05, 3.63) is 12.1 Å². The van der Waals surface area contributed by atoms with Crippen molar-refractivity contribution < 1.29 is 27.4 Å². The molecule has 2 aliphatic rings. The van der Waals surface area contributed by atoms with E-state index in [4.69, 9.17) is 14.2 Å². The number of nitrogens with one attached hydrogen (secondary N) is 1. The number of methoxy groups -OCH3 is 3. The van der Waals surface area contributed by atoms with E-state index in [1.165, 1.54) is 26.2 Å². The van der Waals surface area contributed by atoms with Gasteiger partial charge in [-0.2, -0.15) is 0 Å². The highest BCUT2D eigenvalue weighted by Crippen LogP contribution is 2.40. The van der Waals surface area contributed by atoms with Crippen LogP contribution in [-0.4, -0.2) is 64.3 Å². The quantitative estimate of drug-likeness (QED) is 0.772. The van der Waals surface area contributed by atoms with Gasteiger partial charge in [0.25, 0.3) is 0 Å². The van der Waals surface area contributed by atoms with E-state index in [1.807, 2.05) is 0 Å². The molecule has 156 valence electrons. The zero-order valence-electron chi connectivity index (χ0n) is 16.6. The Morgan fingerprint density at radius 1 is 0.964 bits per heavy atom. The van der Waals surface area contributed by atoms with E-state index in [0.717, 1.165) is 32.1 Å². The van der Waals surface area contributed by atoms with Crippen LogP contribution in [0.15, 0.2) is 12.1 Å². The maximum absolute atomic E-state index is 12.7. The average Bonchev–Trinajstić information content (AvgIpc) is 2.66. The molecular weight excluding hydrogens is 384 g/mol. The molecule has 0 spiro atoms. The van der Waals surface area contributed by atoms with Crippen LogP contribution in [0.1, 0.15) is 32.1 Å². The maximum Gasteiger partial charge on any atom is 0.321 e. The second-order valence-corrected chi connectivity index (χ2v) is 9.73. The lowest BCUT2D eigenvalue weighted by Crippen LogP contribution is -2.59. The number of ether oxygens (including phenoxy) is 3. The SMILES string of the molecule is COc1cc(NC(=O)N2CC(S(=O)(=O)C3CCCCC3)C2)cc(OC)c1OC. The third kappa shape index (κ3) is 3.99. The predicted octanol–water partition coefficient (Wildman–Crippen LogP) is 2.68. The Bertz CT molecular complexity index is 789. The van der Waals surface area contributed by atoms with Crippen molar-refractivity contribution in [1.82, 2.24) is 4.90 Å². The molecule has 28 heavy (non-hydrogen) atoms. The molecule has 2 fully saturated rings. The number of anilines is 1. The van der Waals surface area contributed by atoms with Gasteiger partial charge in [-0.25, -0.2) is 13.2 Å². The molecule has 1 heterocycles. The Hall–Kier alpha value is -2.16. The van der Waals surface area contributed by atoms with Gasteiger partial charge < -0.3 is 24.4 Å². The first kappa shape index (κ1) is 20.6. The highest BCUT2D eigenvalue weighted by atomic mass is 32.2. The molecule has 3 rings (SSSR count). The van der Waals surface area contributed by atoms with Gasteiger partial charge in [0.2, 0.25) is 5.75 Å². The largest absolute Gasteiger partial charge is 0.493 e. The number of likely N-dealkylation sites (tertiary alicyclic amines) is 1. The molecule has 9 heteroatoms. The third-order valence-electron chi connectivity index (χ3n) is 5.53. The van der Waals surface area contributed by atoms with Gasteiger partial charge in [0.1, 0.15) is 0 Å². The van der Waals surface area contributed by atoms with Crippen LogP contribution in [0.5, 0.6) is 17.2 Å². The van der Waals surface area contributed by atoms with Gasteiger partial charge in [-0.05, 0) is 12.8 Å². The average molecular weight is 413 g/mol. The van der Waals surface area contributed by atoms with Crippen LogP contribution in [-0.2, 0) is 9.84 Å². The summed E-state index contributed by atoms with van der Waals surface area (Å²) in [6.07, 6.45) is 4.55. The van der Waals surface area contributed by atoms with Crippen molar-refractivity contribution in [3.63, 3.8) is 0 Å². The highest BCUT2D eigenvalue weighted by Gasteiger charge is 2.43. The summed E-state index contributed by atoms with van der Waals surface area (Å²) in [5.74, 6) is 1.29. The molecule has 1 aliphatic heterocycles.